The molecule has 1 aromatic carbocycles. The highest BCUT2D eigenvalue weighted by Gasteiger charge is 2.27. The number of hydrogen-bond acceptors (Lipinski definition) is 3. The summed E-state index contributed by atoms with van der Waals surface area (Å²) in [6, 6.07) is 4.84. The number of likely N-dealkylation sites (tertiary alicyclic amines) is 1. The van der Waals surface area contributed by atoms with Crippen LogP contribution >= 0.6 is 0 Å². The van der Waals surface area contributed by atoms with Gasteiger partial charge in [-0.15, -0.1) is 0 Å². The third-order valence-electron chi connectivity index (χ3n) is 4.43. The Morgan fingerprint density at radius 1 is 1.35 bits per heavy atom. The SMILES string of the molecule is CNCC1CCN(CC2Cc3cc(F)ccc3O2)CC1. The van der Waals surface area contributed by atoms with Crippen molar-refractivity contribution in [2.24, 2.45) is 5.92 Å². The van der Waals surface area contributed by atoms with E-state index in [0.29, 0.717) is 0 Å². The Kier molecular flexibility index (Phi) is 4.22. The number of hydrogen-bond donors (Lipinski definition) is 1. The van der Waals surface area contributed by atoms with Crippen molar-refractivity contribution in [2.75, 3.05) is 33.2 Å². The molecule has 2 aliphatic rings. The lowest BCUT2D eigenvalue weighted by molar-refractivity contribution is 0.117. The topological polar surface area (TPSA) is 24.5 Å². The molecule has 1 fully saturated rings. The molecule has 3 rings (SSSR count). The number of halogens is 1. The van der Waals surface area contributed by atoms with Crippen molar-refractivity contribution in [1.82, 2.24) is 10.2 Å². The molecule has 0 amide bonds. The van der Waals surface area contributed by atoms with Gasteiger partial charge in [0.15, 0.2) is 0 Å². The molecule has 0 bridgehead atoms. The van der Waals surface area contributed by atoms with Crippen molar-refractivity contribution in [3.8, 4) is 5.75 Å². The number of nitrogens with zero attached hydrogens (tertiary/aromatic N) is 1. The van der Waals surface area contributed by atoms with Gasteiger partial charge in [0.2, 0.25) is 0 Å². The van der Waals surface area contributed by atoms with Crippen LogP contribution in [0.4, 0.5) is 4.39 Å². The Morgan fingerprint density at radius 3 is 2.90 bits per heavy atom. The van der Waals surface area contributed by atoms with Gasteiger partial charge in [-0.25, -0.2) is 4.39 Å². The maximum absolute atomic E-state index is 13.2. The summed E-state index contributed by atoms with van der Waals surface area (Å²) in [5.41, 5.74) is 1.01. The number of benzene rings is 1. The lowest BCUT2D eigenvalue weighted by Crippen LogP contribution is -2.41. The highest BCUT2D eigenvalue weighted by molar-refractivity contribution is 5.37. The van der Waals surface area contributed by atoms with E-state index >= 15 is 0 Å². The van der Waals surface area contributed by atoms with E-state index in [1.54, 1.807) is 12.1 Å². The van der Waals surface area contributed by atoms with Gasteiger partial charge in [-0.05, 0) is 63.6 Å². The lowest BCUT2D eigenvalue weighted by Gasteiger charge is -2.33. The van der Waals surface area contributed by atoms with E-state index in [4.69, 9.17) is 4.74 Å². The fourth-order valence-corrected chi connectivity index (χ4v) is 3.34. The van der Waals surface area contributed by atoms with Gasteiger partial charge in [0.1, 0.15) is 17.7 Å². The minimum atomic E-state index is -0.166. The van der Waals surface area contributed by atoms with E-state index in [2.05, 4.69) is 10.2 Å². The van der Waals surface area contributed by atoms with Crippen LogP contribution in [0.1, 0.15) is 18.4 Å². The normalized spacial score (nSPS) is 23.6. The molecule has 0 radical (unpaired) electrons. The van der Waals surface area contributed by atoms with Gasteiger partial charge in [-0.3, -0.25) is 4.90 Å². The molecule has 0 aromatic heterocycles. The van der Waals surface area contributed by atoms with Crippen LogP contribution < -0.4 is 10.1 Å². The fourth-order valence-electron chi connectivity index (χ4n) is 3.34. The van der Waals surface area contributed by atoms with Gasteiger partial charge in [-0.1, -0.05) is 0 Å². The molecule has 1 unspecified atom stereocenters. The second-order valence-electron chi connectivity index (χ2n) is 6.00. The lowest BCUT2D eigenvalue weighted by atomic mass is 9.96. The first kappa shape index (κ1) is 13.8. The van der Waals surface area contributed by atoms with Crippen LogP contribution in [-0.4, -0.2) is 44.2 Å². The summed E-state index contributed by atoms with van der Waals surface area (Å²) < 4.78 is 19.1. The molecule has 1 aromatic rings. The third-order valence-corrected chi connectivity index (χ3v) is 4.43. The van der Waals surface area contributed by atoms with E-state index in [1.807, 2.05) is 7.05 Å². The van der Waals surface area contributed by atoms with Crippen molar-refractivity contribution in [2.45, 2.75) is 25.4 Å². The van der Waals surface area contributed by atoms with Crippen molar-refractivity contribution >= 4 is 0 Å². The molecule has 1 saturated heterocycles. The van der Waals surface area contributed by atoms with Crippen molar-refractivity contribution < 1.29 is 9.13 Å². The molecular formula is C16H23FN2O. The minimum Gasteiger partial charge on any atom is -0.488 e. The number of fused-ring (bicyclic) bond motifs is 1. The zero-order valence-corrected chi connectivity index (χ0v) is 12.1. The first-order valence-electron chi connectivity index (χ1n) is 7.56. The number of ether oxygens (including phenoxy) is 1. The summed E-state index contributed by atoms with van der Waals surface area (Å²) in [5.74, 6) is 1.51. The highest BCUT2D eigenvalue weighted by Crippen LogP contribution is 2.30. The van der Waals surface area contributed by atoms with Gasteiger partial charge in [0, 0.05) is 18.5 Å². The first-order valence-corrected chi connectivity index (χ1v) is 7.56. The van der Waals surface area contributed by atoms with Crippen LogP contribution in [0.15, 0.2) is 18.2 Å². The molecule has 1 N–H and O–H groups in total. The summed E-state index contributed by atoms with van der Waals surface area (Å²) in [7, 11) is 2.02. The first-order chi connectivity index (χ1) is 9.74. The molecule has 20 heavy (non-hydrogen) atoms. The molecule has 0 spiro atoms. The summed E-state index contributed by atoms with van der Waals surface area (Å²) >= 11 is 0. The van der Waals surface area contributed by atoms with Gasteiger partial charge in [-0.2, -0.15) is 0 Å². The smallest absolute Gasteiger partial charge is 0.123 e. The van der Waals surface area contributed by atoms with Crippen LogP contribution in [0.5, 0.6) is 5.75 Å². The zero-order valence-electron chi connectivity index (χ0n) is 12.1. The average molecular weight is 278 g/mol. The monoisotopic (exact) mass is 278 g/mol. The molecule has 0 aliphatic carbocycles. The summed E-state index contributed by atoms with van der Waals surface area (Å²) in [6.07, 6.45) is 3.54. The Hall–Kier alpha value is -1.13. The number of nitrogens with one attached hydrogen (secondary N) is 1. The molecule has 2 aliphatic heterocycles. The van der Waals surface area contributed by atoms with Gasteiger partial charge in [0.25, 0.3) is 0 Å². The van der Waals surface area contributed by atoms with Crippen LogP contribution in [0.25, 0.3) is 0 Å². The minimum absolute atomic E-state index is 0.166. The third kappa shape index (κ3) is 3.13. The van der Waals surface area contributed by atoms with E-state index in [-0.39, 0.29) is 11.9 Å². The fraction of sp³-hybridized carbons (Fsp3) is 0.625. The van der Waals surface area contributed by atoms with Crippen LogP contribution in [-0.2, 0) is 6.42 Å². The molecule has 2 heterocycles. The Balaban J connectivity index is 1.49. The largest absolute Gasteiger partial charge is 0.488 e. The summed E-state index contributed by atoms with van der Waals surface area (Å²) in [5, 5.41) is 3.26. The number of piperidine rings is 1. The van der Waals surface area contributed by atoms with Crippen LogP contribution in [0.3, 0.4) is 0 Å². The van der Waals surface area contributed by atoms with Crippen LogP contribution in [0.2, 0.25) is 0 Å². The van der Waals surface area contributed by atoms with Crippen molar-refractivity contribution in [3.05, 3.63) is 29.6 Å². The standard InChI is InChI=1S/C16H23FN2O/c1-18-10-12-4-6-19(7-5-12)11-15-9-13-8-14(17)2-3-16(13)20-15/h2-3,8,12,15,18H,4-7,9-11H2,1H3. The van der Waals surface area contributed by atoms with E-state index in [1.165, 1.54) is 18.9 Å². The van der Waals surface area contributed by atoms with Crippen LogP contribution in [0, 0.1) is 11.7 Å². The highest BCUT2D eigenvalue weighted by atomic mass is 19.1. The zero-order chi connectivity index (χ0) is 13.9. The molecule has 4 heteroatoms. The Morgan fingerprint density at radius 2 is 2.15 bits per heavy atom. The Bertz CT molecular complexity index is 458. The maximum atomic E-state index is 13.2. The van der Waals surface area contributed by atoms with Crippen molar-refractivity contribution in [1.29, 1.82) is 0 Å². The van der Waals surface area contributed by atoms with Gasteiger partial charge >= 0.3 is 0 Å². The van der Waals surface area contributed by atoms with Crippen molar-refractivity contribution in [3.63, 3.8) is 0 Å². The van der Waals surface area contributed by atoms with E-state index in [9.17, 15) is 4.39 Å². The molecule has 110 valence electrons. The Labute approximate surface area is 120 Å². The number of rotatable bonds is 4. The maximum Gasteiger partial charge on any atom is 0.123 e. The molecular weight excluding hydrogens is 255 g/mol. The van der Waals surface area contributed by atoms with E-state index < -0.39 is 0 Å². The quantitative estimate of drug-likeness (QED) is 0.912. The predicted molar refractivity (Wildman–Crippen MR) is 77.6 cm³/mol. The average Bonchev–Trinajstić information content (AvgIpc) is 2.82. The second kappa shape index (κ2) is 6.10. The summed E-state index contributed by atoms with van der Waals surface area (Å²) in [6.45, 7) is 4.38. The molecule has 0 saturated carbocycles. The summed E-state index contributed by atoms with van der Waals surface area (Å²) in [4.78, 5) is 2.49. The molecule has 1 atom stereocenters. The van der Waals surface area contributed by atoms with Gasteiger partial charge < -0.3 is 10.1 Å². The van der Waals surface area contributed by atoms with Gasteiger partial charge in [0.05, 0.1) is 0 Å². The second-order valence-corrected chi connectivity index (χ2v) is 6.00. The predicted octanol–water partition coefficient (Wildman–Crippen LogP) is 2.06. The van der Waals surface area contributed by atoms with E-state index in [0.717, 1.165) is 49.8 Å². The molecule has 3 nitrogen and oxygen atoms in total.